The van der Waals surface area contributed by atoms with E-state index < -0.39 is 17.8 Å². The van der Waals surface area contributed by atoms with Gasteiger partial charge in [-0.05, 0) is 36.8 Å². The normalized spacial score (nSPS) is 14.4. The number of aromatic hydroxyl groups is 1. The summed E-state index contributed by atoms with van der Waals surface area (Å²) in [5.74, 6) is -0.869. The van der Waals surface area contributed by atoms with Crippen LogP contribution in [0.3, 0.4) is 0 Å². The van der Waals surface area contributed by atoms with Gasteiger partial charge in [-0.3, -0.25) is 9.78 Å². The van der Waals surface area contributed by atoms with Crippen molar-refractivity contribution in [3.8, 4) is 23.0 Å². The van der Waals surface area contributed by atoms with Gasteiger partial charge in [0.1, 0.15) is 12.3 Å². The number of anilines is 1. The van der Waals surface area contributed by atoms with Crippen LogP contribution >= 0.6 is 0 Å². The molecule has 36 heavy (non-hydrogen) atoms. The predicted octanol–water partition coefficient (Wildman–Crippen LogP) is 5.41. The van der Waals surface area contributed by atoms with Crippen molar-refractivity contribution in [2.45, 2.75) is 13.0 Å². The summed E-state index contributed by atoms with van der Waals surface area (Å²) in [6.45, 7) is 1.74. The Bertz CT molecular complexity index is 1480. The minimum Gasteiger partial charge on any atom is -0.504 e. The summed E-state index contributed by atoms with van der Waals surface area (Å²) in [5.41, 5.74) is 1.44. The Balaban J connectivity index is 1.41. The second-order valence-electron chi connectivity index (χ2n) is 8.29. The number of imide groups is 1. The highest BCUT2D eigenvalue weighted by molar-refractivity contribution is 6.19. The molecule has 2 heterocycles. The Hall–Kier alpha value is -4.66. The lowest BCUT2D eigenvalue weighted by Crippen LogP contribution is -2.34. The van der Waals surface area contributed by atoms with Gasteiger partial charge in [0.25, 0.3) is 5.91 Å². The van der Waals surface area contributed by atoms with Gasteiger partial charge in [-0.1, -0.05) is 30.3 Å². The molecule has 1 atom stereocenters. The molecule has 0 bridgehead atoms. The molecule has 3 amide bonds. The van der Waals surface area contributed by atoms with Crippen molar-refractivity contribution >= 4 is 28.5 Å². The summed E-state index contributed by atoms with van der Waals surface area (Å²) in [6, 6.07) is 17.0. The van der Waals surface area contributed by atoms with E-state index in [1.54, 1.807) is 12.1 Å². The number of hydrogen-bond acceptors (Lipinski definition) is 6. The highest BCUT2D eigenvalue weighted by Crippen LogP contribution is 2.38. The van der Waals surface area contributed by atoms with E-state index in [0.29, 0.717) is 16.7 Å². The van der Waals surface area contributed by atoms with Gasteiger partial charge in [0.15, 0.2) is 23.1 Å². The van der Waals surface area contributed by atoms with E-state index >= 15 is 4.39 Å². The van der Waals surface area contributed by atoms with E-state index in [1.807, 2.05) is 37.3 Å². The number of urea groups is 1. The maximum absolute atomic E-state index is 15.1. The molecule has 1 N–H and O–H groups in total. The number of carbonyl (C=O) groups is 2. The van der Waals surface area contributed by atoms with Gasteiger partial charge in [0.2, 0.25) is 0 Å². The number of fused-ring (bicyclic) bond motifs is 1. The Morgan fingerprint density at radius 3 is 2.50 bits per heavy atom. The molecule has 8 nitrogen and oxygen atoms in total. The molecule has 3 aromatic carbocycles. The van der Waals surface area contributed by atoms with Crippen molar-refractivity contribution in [2.75, 3.05) is 18.6 Å². The average molecular weight is 487 g/mol. The molecule has 0 aliphatic carbocycles. The zero-order valence-electron chi connectivity index (χ0n) is 19.5. The smallest absolute Gasteiger partial charge is 0.332 e. The van der Waals surface area contributed by atoms with Crippen molar-refractivity contribution < 1.29 is 28.6 Å². The van der Waals surface area contributed by atoms with Crippen LogP contribution in [0.5, 0.6) is 23.0 Å². The largest absolute Gasteiger partial charge is 0.504 e. The number of carbonyl (C=O) groups excluding carboxylic acids is 2. The molecule has 0 saturated carbocycles. The van der Waals surface area contributed by atoms with Crippen molar-refractivity contribution in [3.05, 3.63) is 84.3 Å². The fourth-order valence-corrected chi connectivity index (χ4v) is 4.21. The molecule has 0 radical (unpaired) electrons. The number of phenols is 1. The molecule has 1 saturated heterocycles. The molecule has 1 fully saturated rings. The topological polar surface area (TPSA) is 92.2 Å². The number of hydrogen-bond donors (Lipinski definition) is 1. The minimum atomic E-state index is -0.752. The Kier molecular flexibility index (Phi) is 5.89. The summed E-state index contributed by atoms with van der Waals surface area (Å²) in [6.07, 6.45) is 1.47. The molecule has 1 aliphatic rings. The SMILES string of the molecule is COc1cc2c(Oc3ccc(N4C(=O)CN(C(C)c5ccccc5)C4=O)cc3F)ccnc2cc1O. The number of methoxy groups -OCH3 is 1. The van der Waals surface area contributed by atoms with Gasteiger partial charge in [-0.25, -0.2) is 14.1 Å². The highest BCUT2D eigenvalue weighted by atomic mass is 19.1. The monoisotopic (exact) mass is 487 g/mol. The maximum Gasteiger partial charge on any atom is 0.332 e. The zero-order chi connectivity index (χ0) is 25.4. The number of ether oxygens (including phenoxy) is 2. The second kappa shape index (κ2) is 9.18. The van der Waals surface area contributed by atoms with E-state index in [4.69, 9.17) is 9.47 Å². The second-order valence-corrected chi connectivity index (χ2v) is 8.29. The number of halogens is 1. The van der Waals surface area contributed by atoms with Gasteiger partial charge in [-0.2, -0.15) is 0 Å². The Morgan fingerprint density at radius 2 is 1.78 bits per heavy atom. The summed E-state index contributed by atoms with van der Waals surface area (Å²) in [4.78, 5) is 32.4. The van der Waals surface area contributed by atoms with Crippen LogP contribution in [0.1, 0.15) is 18.5 Å². The molecule has 1 unspecified atom stereocenters. The zero-order valence-corrected chi connectivity index (χ0v) is 19.5. The third kappa shape index (κ3) is 4.04. The van der Waals surface area contributed by atoms with Crippen molar-refractivity contribution in [1.82, 2.24) is 9.88 Å². The van der Waals surface area contributed by atoms with E-state index in [1.165, 1.54) is 36.4 Å². The first-order valence-electron chi connectivity index (χ1n) is 11.2. The first-order chi connectivity index (χ1) is 17.4. The van der Waals surface area contributed by atoms with Gasteiger partial charge in [0, 0.05) is 23.7 Å². The Morgan fingerprint density at radius 1 is 1.00 bits per heavy atom. The molecule has 182 valence electrons. The molecule has 0 spiro atoms. The number of nitrogens with zero attached hydrogens (tertiary/aromatic N) is 3. The van der Waals surface area contributed by atoms with Gasteiger partial charge in [-0.15, -0.1) is 0 Å². The quantitative estimate of drug-likeness (QED) is 0.366. The number of aromatic nitrogens is 1. The molecular formula is C27H22FN3O5. The number of rotatable bonds is 6. The maximum atomic E-state index is 15.1. The van der Waals surface area contributed by atoms with Crippen LogP contribution in [0.4, 0.5) is 14.9 Å². The van der Waals surface area contributed by atoms with Crippen LogP contribution in [-0.4, -0.2) is 40.6 Å². The third-order valence-corrected chi connectivity index (χ3v) is 6.14. The molecule has 1 aliphatic heterocycles. The Labute approximate surface area is 206 Å². The fraction of sp³-hybridized carbons (Fsp3) is 0.148. The van der Waals surface area contributed by atoms with Crippen LogP contribution < -0.4 is 14.4 Å². The lowest BCUT2D eigenvalue weighted by atomic mass is 10.1. The van der Waals surface area contributed by atoms with Crippen molar-refractivity contribution in [1.29, 1.82) is 0 Å². The third-order valence-electron chi connectivity index (χ3n) is 6.14. The number of pyridine rings is 1. The fourth-order valence-electron chi connectivity index (χ4n) is 4.21. The van der Waals surface area contributed by atoms with E-state index in [-0.39, 0.29) is 35.5 Å². The number of benzene rings is 3. The van der Waals surface area contributed by atoms with Crippen LogP contribution in [0.25, 0.3) is 10.9 Å². The van der Waals surface area contributed by atoms with Crippen LogP contribution in [0, 0.1) is 5.82 Å². The summed E-state index contributed by atoms with van der Waals surface area (Å²) in [5, 5.41) is 10.5. The molecule has 9 heteroatoms. The number of phenolic OH excluding ortho intramolecular Hbond substituents is 1. The van der Waals surface area contributed by atoms with Crippen LogP contribution in [0.2, 0.25) is 0 Å². The summed E-state index contributed by atoms with van der Waals surface area (Å²) in [7, 11) is 1.42. The minimum absolute atomic E-state index is 0.0826. The molecule has 5 rings (SSSR count). The standard InChI is InChI=1S/C27H22FN3O5/c1-16(17-6-4-3-5-7-17)30-15-26(33)31(27(30)34)18-8-9-24(20(28)12-18)36-23-10-11-29-21-14-22(32)25(35-2)13-19(21)23/h3-14,16,32H,15H2,1-2H3. The first kappa shape index (κ1) is 23.1. The van der Waals surface area contributed by atoms with E-state index in [2.05, 4.69) is 4.98 Å². The molecule has 1 aromatic heterocycles. The highest BCUT2D eigenvalue weighted by Gasteiger charge is 2.40. The predicted molar refractivity (Wildman–Crippen MR) is 131 cm³/mol. The van der Waals surface area contributed by atoms with Gasteiger partial charge >= 0.3 is 6.03 Å². The lowest BCUT2D eigenvalue weighted by molar-refractivity contribution is -0.116. The van der Waals surface area contributed by atoms with Gasteiger partial charge in [0.05, 0.1) is 24.4 Å². The average Bonchev–Trinajstić information content (AvgIpc) is 3.18. The number of amides is 3. The molecular weight excluding hydrogens is 465 g/mol. The van der Waals surface area contributed by atoms with Crippen molar-refractivity contribution in [2.24, 2.45) is 0 Å². The first-order valence-corrected chi connectivity index (χ1v) is 11.2. The summed E-state index contributed by atoms with van der Waals surface area (Å²) < 4.78 is 26.1. The van der Waals surface area contributed by atoms with Gasteiger partial charge < -0.3 is 19.5 Å². The van der Waals surface area contributed by atoms with E-state index in [0.717, 1.165) is 16.5 Å². The van der Waals surface area contributed by atoms with Crippen LogP contribution in [-0.2, 0) is 4.79 Å². The van der Waals surface area contributed by atoms with Crippen molar-refractivity contribution in [3.63, 3.8) is 0 Å². The van der Waals surface area contributed by atoms with Crippen LogP contribution in [0.15, 0.2) is 72.9 Å². The van der Waals surface area contributed by atoms with E-state index in [9.17, 15) is 14.7 Å². The molecule has 4 aromatic rings. The lowest BCUT2D eigenvalue weighted by Gasteiger charge is -2.24. The summed E-state index contributed by atoms with van der Waals surface area (Å²) >= 11 is 0.